The predicted octanol–water partition coefficient (Wildman–Crippen LogP) is 3.60. The molecule has 5 nitrogen and oxygen atoms in total. The molecule has 3 rings (SSSR count). The van der Waals surface area contributed by atoms with Crippen molar-refractivity contribution in [3.8, 4) is 0 Å². The van der Waals surface area contributed by atoms with E-state index in [4.69, 9.17) is 4.74 Å². The van der Waals surface area contributed by atoms with E-state index < -0.39 is 0 Å². The van der Waals surface area contributed by atoms with Crippen LogP contribution in [-0.2, 0) is 9.53 Å². The third-order valence-electron chi connectivity index (χ3n) is 4.90. The molecule has 1 N–H and O–H groups in total. The van der Waals surface area contributed by atoms with E-state index in [1.165, 1.54) is 0 Å². The molecule has 0 aromatic heterocycles. The average Bonchev–Trinajstić information content (AvgIpc) is 2.74. The lowest BCUT2D eigenvalue weighted by Crippen LogP contribution is -2.36. The standard InChI is InChI=1S/C23H29N3O2S/c1-25(2)19-12-10-17(11-13-19)20(26(3)4)16-24-23(27)21-22(29-15-14-28-21)18-8-6-5-7-9-18/h5-13,20H,14-16H2,1-4H3,(H,24,27)/t20-/m0/s1. The van der Waals surface area contributed by atoms with Crippen LogP contribution in [-0.4, -0.2) is 57.9 Å². The summed E-state index contributed by atoms with van der Waals surface area (Å²) in [7, 11) is 8.11. The molecule has 1 aliphatic heterocycles. The van der Waals surface area contributed by atoms with Crippen molar-refractivity contribution in [3.63, 3.8) is 0 Å². The highest BCUT2D eigenvalue weighted by Gasteiger charge is 2.24. The number of anilines is 1. The first-order chi connectivity index (χ1) is 14.0. The maximum atomic E-state index is 13.0. The van der Waals surface area contributed by atoms with Crippen molar-refractivity contribution in [2.75, 3.05) is 52.0 Å². The number of carbonyl (C=O) groups excluding carboxylic acids is 1. The molecule has 0 bridgehead atoms. The number of nitrogens with one attached hydrogen (secondary N) is 1. The maximum absolute atomic E-state index is 13.0. The number of rotatable bonds is 7. The summed E-state index contributed by atoms with van der Waals surface area (Å²) in [6.45, 7) is 1.06. The minimum Gasteiger partial charge on any atom is -0.486 e. The lowest BCUT2D eigenvalue weighted by Gasteiger charge is -2.27. The number of likely N-dealkylation sites (N-methyl/N-ethyl adjacent to an activating group) is 1. The first-order valence-electron chi connectivity index (χ1n) is 9.74. The Morgan fingerprint density at radius 1 is 1.07 bits per heavy atom. The van der Waals surface area contributed by atoms with Crippen molar-refractivity contribution < 1.29 is 9.53 Å². The van der Waals surface area contributed by atoms with Gasteiger partial charge in [0.2, 0.25) is 0 Å². The van der Waals surface area contributed by atoms with E-state index in [9.17, 15) is 4.79 Å². The van der Waals surface area contributed by atoms with Gasteiger partial charge in [0, 0.05) is 32.1 Å². The topological polar surface area (TPSA) is 44.8 Å². The lowest BCUT2D eigenvalue weighted by molar-refractivity contribution is -0.120. The van der Waals surface area contributed by atoms with Crippen molar-refractivity contribution in [1.29, 1.82) is 0 Å². The van der Waals surface area contributed by atoms with Crippen molar-refractivity contribution >= 4 is 28.3 Å². The van der Waals surface area contributed by atoms with Gasteiger partial charge in [0.1, 0.15) is 0 Å². The molecule has 0 aliphatic carbocycles. The number of hydrogen-bond acceptors (Lipinski definition) is 5. The van der Waals surface area contributed by atoms with Gasteiger partial charge < -0.3 is 19.9 Å². The van der Waals surface area contributed by atoms with Gasteiger partial charge in [-0.25, -0.2) is 0 Å². The number of amides is 1. The number of ether oxygens (including phenoxy) is 1. The largest absolute Gasteiger partial charge is 0.486 e. The zero-order chi connectivity index (χ0) is 20.8. The van der Waals surface area contributed by atoms with E-state index in [2.05, 4.69) is 39.4 Å². The Balaban J connectivity index is 1.75. The summed E-state index contributed by atoms with van der Waals surface area (Å²) in [5, 5.41) is 3.08. The van der Waals surface area contributed by atoms with Crippen molar-refractivity contribution in [1.82, 2.24) is 10.2 Å². The molecule has 1 amide bonds. The molecule has 2 aromatic rings. The highest BCUT2D eigenvalue weighted by molar-refractivity contribution is 8.08. The van der Waals surface area contributed by atoms with E-state index in [1.54, 1.807) is 11.8 Å². The molecule has 6 heteroatoms. The van der Waals surface area contributed by atoms with Gasteiger partial charge in [0.05, 0.1) is 17.6 Å². The molecular formula is C23H29N3O2S. The lowest BCUT2D eigenvalue weighted by atomic mass is 10.1. The number of benzene rings is 2. The van der Waals surface area contributed by atoms with Gasteiger partial charge in [0.25, 0.3) is 5.91 Å². The SMILES string of the molecule is CN(C)c1ccc([C@H](CNC(=O)C2=C(c3ccccc3)SCCO2)N(C)C)cc1. The maximum Gasteiger partial charge on any atom is 0.287 e. The minimum absolute atomic E-state index is 0.0761. The monoisotopic (exact) mass is 411 g/mol. The summed E-state index contributed by atoms with van der Waals surface area (Å²) < 4.78 is 5.77. The van der Waals surface area contributed by atoms with Crippen molar-refractivity contribution in [3.05, 3.63) is 71.5 Å². The van der Waals surface area contributed by atoms with E-state index in [1.807, 2.05) is 58.5 Å². The van der Waals surface area contributed by atoms with Gasteiger partial charge in [-0.1, -0.05) is 42.5 Å². The Labute approximate surface area is 177 Å². The average molecular weight is 412 g/mol. The fraction of sp³-hybridized carbons (Fsp3) is 0.348. The van der Waals surface area contributed by atoms with Crippen molar-refractivity contribution in [2.45, 2.75) is 6.04 Å². The van der Waals surface area contributed by atoms with E-state index >= 15 is 0 Å². The van der Waals surface area contributed by atoms with Gasteiger partial charge in [-0.05, 0) is 37.4 Å². The van der Waals surface area contributed by atoms with Crippen molar-refractivity contribution in [2.24, 2.45) is 0 Å². The molecule has 0 unspecified atom stereocenters. The highest BCUT2D eigenvalue weighted by atomic mass is 32.2. The third-order valence-corrected chi connectivity index (χ3v) is 5.98. The summed E-state index contributed by atoms with van der Waals surface area (Å²) in [6, 6.07) is 18.5. The molecule has 1 aliphatic rings. The summed E-state index contributed by atoms with van der Waals surface area (Å²) in [5.41, 5.74) is 3.34. The molecule has 0 fully saturated rings. The van der Waals surface area contributed by atoms with Crippen LogP contribution in [0.2, 0.25) is 0 Å². The Kier molecular flexibility index (Phi) is 7.23. The Morgan fingerprint density at radius 2 is 1.76 bits per heavy atom. The second-order valence-electron chi connectivity index (χ2n) is 7.40. The van der Waals surface area contributed by atoms with Crippen LogP contribution in [0.3, 0.4) is 0 Å². The molecule has 0 radical (unpaired) electrons. The summed E-state index contributed by atoms with van der Waals surface area (Å²) in [6.07, 6.45) is 0. The number of thioether (sulfide) groups is 1. The zero-order valence-electron chi connectivity index (χ0n) is 17.5. The van der Waals surface area contributed by atoms with Crippen LogP contribution >= 0.6 is 11.8 Å². The molecule has 0 spiro atoms. The van der Waals surface area contributed by atoms with Crippen LogP contribution in [0.1, 0.15) is 17.2 Å². The van der Waals surface area contributed by atoms with Crippen LogP contribution < -0.4 is 10.2 Å². The fourth-order valence-electron chi connectivity index (χ4n) is 3.25. The molecular weight excluding hydrogens is 382 g/mol. The molecule has 2 aromatic carbocycles. The summed E-state index contributed by atoms with van der Waals surface area (Å²) in [4.78, 5) is 18.1. The first kappa shape index (κ1) is 21.3. The molecule has 1 atom stereocenters. The normalized spacial score (nSPS) is 15.1. The van der Waals surface area contributed by atoms with Crippen LogP contribution in [0.4, 0.5) is 5.69 Å². The highest BCUT2D eigenvalue weighted by Crippen LogP contribution is 2.34. The second-order valence-corrected chi connectivity index (χ2v) is 8.50. The molecule has 29 heavy (non-hydrogen) atoms. The van der Waals surface area contributed by atoms with Crippen LogP contribution in [0.25, 0.3) is 4.91 Å². The van der Waals surface area contributed by atoms with Crippen LogP contribution in [0, 0.1) is 0 Å². The van der Waals surface area contributed by atoms with Crippen LogP contribution in [0.15, 0.2) is 60.4 Å². The van der Waals surface area contributed by atoms with Crippen LogP contribution in [0.5, 0.6) is 0 Å². The Morgan fingerprint density at radius 3 is 2.38 bits per heavy atom. The van der Waals surface area contributed by atoms with E-state index in [0.29, 0.717) is 18.9 Å². The third kappa shape index (κ3) is 5.34. The fourth-order valence-corrected chi connectivity index (χ4v) is 4.21. The first-order valence-corrected chi connectivity index (χ1v) is 10.7. The van der Waals surface area contributed by atoms with E-state index in [-0.39, 0.29) is 11.9 Å². The zero-order valence-corrected chi connectivity index (χ0v) is 18.3. The molecule has 1 heterocycles. The van der Waals surface area contributed by atoms with E-state index in [0.717, 1.165) is 27.5 Å². The minimum atomic E-state index is -0.159. The predicted molar refractivity (Wildman–Crippen MR) is 122 cm³/mol. The number of hydrogen-bond donors (Lipinski definition) is 1. The van der Waals surface area contributed by atoms with Gasteiger partial charge in [-0.15, -0.1) is 11.8 Å². The Bertz CT molecular complexity index is 848. The number of carbonyl (C=O) groups is 1. The summed E-state index contributed by atoms with van der Waals surface area (Å²) >= 11 is 1.67. The smallest absolute Gasteiger partial charge is 0.287 e. The van der Waals surface area contributed by atoms with Gasteiger partial charge >= 0.3 is 0 Å². The Hall–Kier alpha value is -2.44. The summed E-state index contributed by atoms with van der Waals surface area (Å²) in [5.74, 6) is 1.11. The van der Waals surface area contributed by atoms with Gasteiger partial charge in [-0.2, -0.15) is 0 Å². The quantitative estimate of drug-likeness (QED) is 0.754. The molecule has 0 saturated heterocycles. The number of nitrogens with zero attached hydrogens (tertiary/aromatic N) is 2. The molecule has 0 saturated carbocycles. The van der Waals surface area contributed by atoms with Gasteiger partial charge in [-0.3, -0.25) is 4.79 Å². The molecule has 154 valence electrons. The second kappa shape index (κ2) is 9.85. The van der Waals surface area contributed by atoms with Gasteiger partial charge in [0.15, 0.2) is 5.76 Å².